The molecule has 5 heteroatoms. The van der Waals surface area contributed by atoms with Crippen LogP contribution in [0.25, 0.3) is 0 Å². The Balaban J connectivity index is 1.46. The number of aryl methyl sites for hydroxylation is 2. The van der Waals surface area contributed by atoms with E-state index in [2.05, 4.69) is 23.5 Å². The fraction of sp³-hybridized carbons (Fsp3) is 0.381. The molecule has 0 bridgehead atoms. The van der Waals surface area contributed by atoms with E-state index >= 15 is 0 Å². The summed E-state index contributed by atoms with van der Waals surface area (Å²) in [7, 11) is 0. The molecule has 2 aliphatic rings. The highest BCUT2D eigenvalue weighted by Gasteiger charge is 2.29. The summed E-state index contributed by atoms with van der Waals surface area (Å²) in [5.41, 5.74) is 4.78. The summed E-state index contributed by atoms with van der Waals surface area (Å²) in [4.78, 5) is 23.4. The lowest BCUT2D eigenvalue weighted by molar-refractivity contribution is -0.384. The first-order chi connectivity index (χ1) is 12.6. The molecular weight excluding hydrogens is 328 g/mol. The number of carbonyl (C=O) groups excluding carboxylic acids is 1. The van der Waals surface area contributed by atoms with Gasteiger partial charge in [-0.25, -0.2) is 0 Å². The molecule has 134 valence electrons. The van der Waals surface area contributed by atoms with Crippen molar-refractivity contribution in [3.63, 3.8) is 0 Å². The first-order valence-corrected chi connectivity index (χ1v) is 9.26. The van der Waals surface area contributed by atoms with Crippen LogP contribution >= 0.6 is 0 Å². The minimum absolute atomic E-state index is 0.0574. The van der Waals surface area contributed by atoms with Crippen LogP contribution in [0.2, 0.25) is 0 Å². The third kappa shape index (κ3) is 3.21. The average Bonchev–Trinajstić information content (AvgIpc) is 2.67. The smallest absolute Gasteiger partial charge is 0.269 e. The molecule has 2 atom stereocenters. The maximum atomic E-state index is 12.8. The number of nitrogens with zero attached hydrogens (tertiary/aromatic N) is 1. The zero-order chi connectivity index (χ0) is 18.1. The van der Waals surface area contributed by atoms with Gasteiger partial charge in [0.1, 0.15) is 0 Å². The van der Waals surface area contributed by atoms with Gasteiger partial charge in [0.25, 0.3) is 5.69 Å². The number of benzene rings is 2. The van der Waals surface area contributed by atoms with Gasteiger partial charge in [-0.05, 0) is 60.8 Å². The maximum absolute atomic E-state index is 12.8. The highest BCUT2D eigenvalue weighted by Crippen LogP contribution is 2.32. The van der Waals surface area contributed by atoms with Gasteiger partial charge in [0.15, 0.2) is 0 Å². The Morgan fingerprint density at radius 1 is 1.04 bits per heavy atom. The van der Waals surface area contributed by atoms with Crippen LogP contribution in [0.3, 0.4) is 0 Å². The lowest BCUT2D eigenvalue weighted by Gasteiger charge is -2.29. The fourth-order valence-electron chi connectivity index (χ4n) is 4.27. The monoisotopic (exact) mass is 350 g/mol. The second-order valence-corrected chi connectivity index (χ2v) is 7.30. The molecular formula is C21H22N2O3. The second kappa shape index (κ2) is 6.90. The van der Waals surface area contributed by atoms with Crippen LogP contribution < -0.4 is 5.32 Å². The predicted octanol–water partition coefficient (Wildman–Crippen LogP) is 3.89. The first kappa shape index (κ1) is 16.8. The van der Waals surface area contributed by atoms with E-state index < -0.39 is 0 Å². The van der Waals surface area contributed by atoms with Crippen molar-refractivity contribution in [3.05, 3.63) is 74.8 Å². The lowest BCUT2D eigenvalue weighted by Crippen LogP contribution is -2.37. The predicted molar refractivity (Wildman–Crippen MR) is 98.9 cm³/mol. The van der Waals surface area contributed by atoms with E-state index in [-0.39, 0.29) is 28.5 Å². The van der Waals surface area contributed by atoms with Gasteiger partial charge in [-0.15, -0.1) is 0 Å². The Morgan fingerprint density at radius 2 is 1.88 bits per heavy atom. The van der Waals surface area contributed by atoms with Crippen molar-refractivity contribution in [1.29, 1.82) is 0 Å². The van der Waals surface area contributed by atoms with Crippen LogP contribution in [0.4, 0.5) is 5.69 Å². The highest BCUT2D eigenvalue weighted by molar-refractivity contribution is 5.80. The summed E-state index contributed by atoms with van der Waals surface area (Å²) in [5.74, 6) is 0.0498. The zero-order valence-electron chi connectivity index (χ0n) is 14.6. The Labute approximate surface area is 152 Å². The van der Waals surface area contributed by atoms with E-state index in [4.69, 9.17) is 0 Å². The quantitative estimate of drug-likeness (QED) is 0.674. The third-order valence-corrected chi connectivity index (χ3v) is 5.69. The van der Waals surface area contributed by atoms with E-state index in [1.807, 2.05) is 12.1 Å². The lowest BCUT2D eigenvalue weighted by atomic mass is 9.82. The normalized spacial score (nSPS) is 21.4. The Bertz CT molecular complexity index is 862. The molecule has 4 rings (SSSR count). The topological polar surface area (TPSA) is 72.2 Å². The van der Waals surface area contributed by atoms with Crippen LogP contribution in [0.15, 0.2) is 42.5 Å². The number of fused-ring (bicyclic) bond motifs is 2. The third-order valence-electron chi connectivity index (χ3n) is 5.69. The van der Waals surface area contributed by atoms with E-state index in [1.54, 1.807) is 6.07 Å². The van der Waals surface area contributed by atoms with Crippen molar-refractivity contribution >= 4 is 11.6 Å². The number of nitro groups is 1. The standard InChI is InChI=1S/C21H22N2O3/c24-21(22-20-7-3-5-14-4-1-2-6-19(14)20)17-9-8-16-13-18(23(25)26)11-10-15(16)12-17/h1-2,4,6,10-11,13,17,20H,3,5,7-9,12H2,(H,22,24)/t17-,20?/m0/s1. The molecule has 2 aromatic rings. The molecule has 2 aromatic carbocycles. The van der Waals surface area contributed by atoms with Gasteiger partial charge in [0.05, 0.1) is 11.0 Å². The largest absolute Gasteiger partial charge is 0.349 e. The van der Waals surface area contributed by atoms with Crippen LogP contribution in [0.1, 0.15) is 47.6 Å². The van der Waals surface area contributed by atoms with E-state index in [0.717, 1.165) is 43.2 Å². The van der Waals surface area contributed by atoms with Crippen molar-refractivity contribution in [2.45, 2.75) is 44.6 Å². The van der Waals surface area contributed by atoms with Crippen molar-refractivity contribution in [2.24, 2.45) is 5.92 Å². The summed E-state index contributed by atoms with van der Waals surface area (Å²) in [6, 6.07) is 13.5. The van der Waals surface area contributed by atoms with Gasteiger partial charge in [-0.2, -0.15) is 0 Å². The zero-order valence-corrected chi connectivity index (χ0v) is 14.6. The number of nitro benzene ring substituents is 1. The molecule has 0 saturated carbocycles. The molecule has 1 amide bonds. The molecule has 26 heavy (non-hydrogen) atoms. The van der Waals surface area contributed by atoms with Gasteiger partial charge in [-0.3, -0.25) is 14.9 Å². The molecule has 0 fully saturated rings. The Morgan fingerprint density at radius 3 is 2.73 bits per heavy atom. The van der Waals surface area contributed by atoms with Crippen LogP contribution in [0.5, 0.6) is 0 Å². The SMILES string of the molecule is O=C(NC1CCCc2ccccc21)[C@H]1CCc2cc([N+](=O)[O-])ccc2C1. The van der Waals surface area contributed by atoms with Gasteiger partial charge in [0, 0.05) is 18.1 Å². The number of amides is 1. The van der Waals surface area contributed by atoms with E-state index in [1.165, 1.54) is 17.2 Å². The molecule has 2 aliphatic carbocycles. The molecule has 0 spiro atoms. The maximum Gasteiger partial charge on any atom is 0.269 e. The van der Waals surface area contributed by atoms with Gasteiger partial charge < -0.3 is 5.32 Å². The number of hydrogen-bond donors (Lipinski definition) is 1. The van der Waals surface area contributed by atoms with Crippen molar-refractivity contribution in [1.82, 2.24) is 5.32 Å². The molecule has 1 unspecified atom stereocenters. The first-order valence-electron chi connectivity index (χ1n) is 9.26. The van der Waals surface area contributed by atoms with Crippen molar-refractivity contribution in [3.8, 4) is 0 Å². The van der Waals surface area contributed by atoms with Crippen LogP contribution in [-0.2, 0) is 24.1 Å². The molecule has 5 nitrogen and oxygen atoms in total. The molecule has 0 saturated heterocycles. The van der Waals surface area contributed by atoms with E-state index in [0.29, 0.717) is 6.42 Å². The van der Waals surface area contributed by atoms with Crippen molar-refractivity contribution in [2.75, 3.05) is 0 Å². The molecule has 0 aliphatic heterocycles. The van der Waals surface area contributed by atoms with Crippen LogP contribution in [-0.4, -0.2) is 10.8 Å². The minimum Gasteiger partial charge on any atom is -0.349 e. The van der Waals surface area contributed by atoms with Crippen LogP contribution in [0, 0.1) is 16.0 Å². The summed E-state index contributed by atoms with van der Waals surface area (Å²) in [6.07, 6.45) is 5.29. The van der Waals surface area contributed by atoms with Gasteiger partial charge in [0.2, 0.25) is 5.91 Å². The number of hydrogen-bond acceptors (Lipinski definition) is 3. The van der Waals surface area contributed by atoms with Crippen molar-refractivity contribution < 1.29 is 9.72 Å². The number of carbonyl (C=O) groups is 1. The summed E-state index contributed by atoms with van der Waals surface area (Å²) in [5, 5.41) is 14.2. The number of rotatable bonds is 3. The molecule has 1 N–H and O–H groups in total. The minimum atomic E-state index is -0.362. The molecule has 0 radical (unpaired) electrons. The fourth-order valence-corrected chi connectivity index (χ4v) is 4.27. The number of nitrogens with one attached hydrogen (secondary N) is 1. The summed E-state index contributed by atoms with van der Waals surface area (Å²) >= 11 is 0. The summed E-state index contributed by atoms with van der Waals surface area (Å²) in [6.45, 7) is 0. The summed E-state index contributed by atoms with van der Waals surface area (Å²) < 4.78 is 0. The molecule has 0 aromatic heterocycles. The average molecular weight is 350 g/mol. The second-order valence-electron chi connectivity index (χ2n) is 7.30. The molecule has 0 heterocycles. The Hall–Kier alpha value is -2.69. The van der Waals surface area contributed by atoms with Gasteiger partial charge in [-0.1, -0.05) is 30.3 Å². The number of non-ortho nitro benzene ring substituents is 1. The van der Waals surface area contributed by atoms with Gasteiger partial charge >= 0.3 is 0 Å². The Kier molecular flexibility index (Phi) is 4.45. The van der Waals surface area contributed by atoms with E-state index in [9.17, 15) is 14.9 Å². The highest BCUT2D eigenvalue weighted by atomic mass is 16.6.